The maximum absolute atomic E-state index is 3.87. The second kappa shape index (κ2) is 8.22. The first kappa shape index (κ1) is 16.1. The minimum atomic E-state index is 0.713. The molecule has 2 aliphatic heterocycles. The zero-order valence-electron chi connectivity index (χ0n) is 13.9. The maximum atomic E-state index is 3.87. The van der Waals surface area contributed by atoms with Crippen molar-refractivity contribution in [3.63, 3.8) is 0 Å². The van der Waals surface area contributed by atoms with Crippen LogP contribution in [0.5, 0.6) is 0 Å². The second-order valence-electron chi connectivity index (χ2n) is 7.53. The molecule has 0 radical (unpaired) electrons. The third kappa shape index (κ3) is 4.35. The average molecular weight is 279 g/mol. The van der Waals surface area contributed by atoms with Crippen molar-refractivity contribution in [2.24, 2.45) is 11.8 Å². The van der Waals surface area contributed by atoms with E-state index in [9.17, 15) is 0 Å². The summed E-state index contributed by atoms with van der Waals surface area (Å²) in [6, 6.07) is 2.02. The third-order valence-corrected chi connectivity index (χ3v) is 6.00. The zero-order valence-corrected chi connectivity index (χ0v) is 13.9. The van der Waals surface area contributed by atoms with Crippen molar-refractivity contribution in [1.29, 1.82) is 0 Å². The molecule has 1 heteroatoms. The Kier molecular flexibility index (Phi) is 6.61. The fourth-order valence-electron chi connectivity index (χ4n) is 4.56. The van der Waals surface area contributed by atoms with Crippen LogP contribution in [-0.4, -0.2) is 18.6 Å². The largest absolute Gasteiger partial charge is 0.330 e. The van der Waals surface area contributed by atoms with Crippen LogP contribution in [0.3, 0.4) is 0 Å². The highest BCUT2D eigenvalue weighted by Gasteiger charge is 2.41. The minimum Gasteiger partial charge on any atom is -0.330 e. The fourth-order valence-corrected chi connectivity index (χ4v) is 4.56. The number of unbranched alkanes of at least 4 members (excludes halogenated alkanes) is 3. The van der Waals surface area contributed by atoms with Gasteiger partial charge >= 0.3 is 0 Å². The molecular weight excluding hydrogens is 242 g/mol. The summed E-state index contributed by atoms with van der Waals surface area (Å²) in [5.41, 5.74) is 0. The molecule has 0 bridgehead atoms. The molecule has 2 rings (SSSR count). The van der Waals surface area contributed by atoms with Crippen LogP contribution >= 0.6 is 0 Å². The molecule has 1 nitrogen and oxygen atoms in total. The molecule has 0 aromatic carbocycles. The fraction of sp³-hybridized carbons (Fsp3) is 0.895. The quantitative estimate of drug-likeness (QED) is 0.506. The van der Waals surface area contributed by atoms with Gasteiger partial charge in [-0.3, -0.25) is 0 Å². The van der Waals surface area contributed by atoms with E-state index < -0.39 is 0 Å². The number of quaternary nitrogens is 1. The van der Waals surface area contributed by atoms with Crippen molar-refractivity contribution in [2.45, 2.75) is 90.1 Å². The maximum Gasteiger partial charge on any atom is 0.0904 e. The van der Waals surface area contributed by atoms with E-state index in [2.05, 4.69) is 26.5 Å². The van der Waals surface area contributed by atoms with Gasteiger partial charge in [-0.2, -0.15) is 0 Å². The number of hydrogen-bond donors (Lipinski definition) is 1. The lowest BCUT2D eigenvalue weighted by Crippen LogP contribution is -3.18. The molecule has 5 atom stereocenters. The molecule has 20 heavy (non-hydrogen) atoms. The highest BCUT2D eigenvalue weighted by molar-refractivity contribution is 4.78. The van der Waals surface area contributed by atoms with Crippen LogP contribution in [0.4, 0.5) is 0 Å². The topological polar surface area (TPSA) is 4.44 Å². The number of piperidine rings is 1. The molecule has 2 saturated heterocycles. The highest BCUT2D eigenvalue weighted by atomic mass is 15.2. The van der Waals surface area contributed by atoms with Gasteiger partial charge < -0.3 is 4.90 Å². The zero-order chi connectivity index (χ0) is 14.4. The summed E-state index contributed by atoms with van der Waals surface area (Å²) in [5, 5.41) is 0. The smallest absolute Gasteiger partial charge is 0.0904 e. The van der Waals surface area contributed by atoms with Gasteiger partial charge in [-0.15, -0.1) is 6.58 Å². The van der Waals surface area contributed by atoms with Gasteiger partial charge in [0.15, 0.2) is 0 Å². The van der Waals surface area contributed by atoms with Crippen LogP contribution < -0.4 is 4.90 Å². The van der Waals surface area contributed by atoms with Crippen LogP contribution in [0.2, 0.25) is 0 Å². The van der Waals surface area contributed by atoms with E-state index in [1.807, 2.05) is 4.90 Å². The number of hydrogen-bond acceptors (Lipinski definition) is 0. The van der Waals surface area contributed by atoms with Crippen molar-refractivity contribution in [3.05, 3.63) is 12.7 Å². The van der Waals surface area contributed by atoms with Crippen LogP contribution in [-0.2, 0) is 0 Å². The first-order valence-corrected chi connectivity index (χ1v) is 9.20. The Labute approximate surface area is 126 Å². The number of fused-ring (bicyclic) bond motifs is 1. The van der Waals surface area contributed by atoms with Gasteiger partial charge in [-0.25, -0.2) is 0 Å². The van der Waals surface area contributed by atoms with E-state index >= 15 is 0 Å². The molecule has 2 aliphatic rings. The summed E-state index contributed by atoms with van der Waals surface area (Å²) in [6.07, 6.45) is 16.7. The normalized spacial score (nSPS) is 34.7. The lowest BCUT2D eigenvalue weighted by atomic mass is 9.85. The first-order chi connectivity index (χ1) is 9.72. The monoisotopic (exact) mass is 278 g/mol. The van der Waals surface area contributed by atoms with Gasteiger partial charge in [0.1, 0.15) is 0 Å². The van der Waals surface area contributed by atoms with Gasteiger partial charge in [-0.1, -0.05) is 39.2 Å². The second-order valence-corrected chi connectivity index (χ2v) is 7.53. The van der Waals surface area contributed by atoms with Gasteiger partial charge in [0.25, 0.3) is 0 Å². The molecule has 0 spiro atoms. The Hall–Kier alpha value is -0.300. The van der Waals surface area contributed by atoms with E-state index in [0.717, 1.165) is 18.0 Å². The van der Waals surface area contributed by atoms with Gasteiger partial charge in [0.05, 0.1) is 18.6 Å². The summed E-state index contributed by atoms with van der Waals surface area (Å²) in [6.45, 7) is 10.1. The van der Waals surface area contributed by atoms with Crippen LogP contribution in [0.15, 0.2) is 12.7 Å². The van der Waals surface area contributed by atoms with E-state index in [1.54, 1.807) is 0 Å². The molecule has 1 N–H and O–H groups in total. The van der Waals surface area contributed by atoms with Crippen molar-refractivity contribution in [3.8, 4) is 0 Å². The molecule has 5 unspecified atom stereocenters. The third-order valence-electron chi connectivity index (χ3n) is 6.00. The number of allylic oxidation sites excluding steroid dienone is 1. The minimum absolute atomic E-state index is 0.713. The van der Waals surface area contributed by atoms with E-state index in [-0.39, 0.29) is 0 Å². The van der Waals surface area contributed by atoms with E-state index in [0.29, 0.717) is 5.92 Å². The SMILES string of the molecule is C=CC(C)CCCCCCC1CCC(C)C2CCC[NH+]12. The summed E-state index contributed by atoms with van der Waals surface area (Å²) in [4.78, 5) is 1.99. The van der Waals surface area contributed by atoms with Gasteiger partial charge in [-0.05, 0) is 38.0 Å². The summed E-state index contributed by atoms with van der Waals surface area (Å²) in [5.74, 6) is 1.70. The Balaban J connectivity index is 1.58. The van der Waals surface area contributed by atoms with E-state index in [1.165, 1.54) is 70.8 Å². The predicted octanol–water partition coefficient (Wildman–Crippen LogP) is 3.99. The molecule has 0 aromatic heterocycles. The van der Waals surface area contributed by atoms with E-state index in [4.69, 9.17) is 0 Å². The molecule has 0 aromatic rings. The Bertz CT molecular complexity index is 285. The Morgan fingerprint density at radius 3 is 2.75 bits per heavy atom. The lowest BCUT2D eigenvalue weighted by molar-refractivity contribution is -0.947. The first-order valence-electron chi connectivity index (χ1n) is 9.20. The highest BCUT2D eigenvalue weighted by Crippen LogP contribution is 2.24. The van der Waals surface area contributed by atoms with Crippen molar-refractivity contribution < 1.29 is 4.90 Å². The number of rotatable bonds is 8. The van der Waals surface area contributed by atoms with Gasteiger partial charge in [0, 0.05) is 18.8 Å². The molecule has 0 saturated carbocycles. The summed E-state index contributed by atoms with van der Waals surface area (Å²) in [7, 11) is 0. The molecule has 0 aliphatic carbocycles. The lowest BCUT2D eigenvalue weighted by Gasteiger charge is -2.38. The molecule has 2 fully saturated rings. The van der Waals surface area contributed by atoms with Crippen molar-refractivity contribution >= 4 is 0 Å². The standard InChI is InChI=1S/C19H35N/c1-4-16(2)10-7-5-6-8-11-18-14-13-17(3)19-12-9-15-20(18)19/h4,16-19H,1,5-15H2,2-3H3/p+1. The molecule has 0 amide bonds. The summed E-state index contributed by atoms with van der Waals surface area (Å²) >= 11 is 0. The molecular formula is C19H36N+. The van der Waals surface area contributed by atoms with Crippen LogP contribution in [0, 0.1) is 11.8 Å². The van der Waals surface area contributed by atoms with Gasteiger partial charge in [0.2, 0.25) is 0 Å². The molecule has 2 heterocycles. The summed E-state index contributed by atoms with van der Waals surface area (Å²) < 4.78 is 0. The Morgan fingerprint density at radius 2 is 1.95 bits per heavy atom. The molecule has 116 valence electrons. The number of nitrogens with one attached hydrogen (secondary N) is 1. The van der Waals surface area contributed by atoms with Crippen LogP contribution in [0.25, 0.3) is 0 Å². The average Bonchev–Trinajstić information content (AvgIpc) is 2.95. The van der Waals surface area contributed by atoms with Crippen LogP contribution in [0.1, 0.15) is 78.1 Å². The predicted molar refractivity (Wildman–Crippen MR) is 88.1 cm³/mol. The Morgan fingerprint density at radius 1 is 1.15 bits per heavy atom. The van der Waals surface area contributed by atoms with Crippen molar-refractivity contribution in [1.82, 2.24) is 0 Å². The van der Waals surface area contributed by atoms with Crippen molar-refractivity contribution in [2.75, 3.05) is 6.54 Å².